The largest absolute Gasteiger partial charge is 0.348 e. The Hall–Kier alpha value is -0.610. The Kier molecular flexibility index (Phi) is 3.80. The standard InChI is InChI=1S/C16H27NO3/c1-15(7-3-4-8-15)14(18)17(2)13-5-9-16(10-6-13)19-11-12-20-16/h13H,3-12H2,1-2H3. The zero-order valence-electron chi connectivity index (χ0n) is 12.8. The first kappa shape index (κ1) is 14.3. The Morgan fingerprint density at radius 2 is 1.60 bits per heavy atom. The summed E-state index contributed by atoms with van der Waals surface area (Å²) in [6, 6.07) is 0.360. The average molecular weight is 281 g/mol. The van der Waals surface area contributed by atoms with E-state index >= 15 is 0 Å². The van der Waals surface area contributed by atoms with Crippen LogP contribution in [-0.4, -0.2) is 42.9 Å². The van der Waals surface area contributed by atoms with Gasteiger partial charge in [0.15, 0.2) is 5.79 Å². The molecule has 3 fully saturated rings. The molecule has 0 unspecified atom stereocenters. The van der Waals surface area contributed by atoms with Crippen molar-refractivity contribution in [2.24, 2.45) is 5.41 Å². The molecule has 20 heavy (non-hydrogen) atoms. The second kappa shape index (κ2) is 5.30. The van der Waals surface area contributed by atoms with E-state index in [2.05, 4.69) is 6.92 Å². The van der Waals surface area contributed by atoms with Gasteiger partial charge in [-0.1, -0.05) is 19.8 Å². The van der Waals surface area contributed by atoms with E-state index in [0.717, 1.165) is 51.7 Å². The molecule has 0 aromatic carbocycles. The lowest BCUT2D eigenvalue weighted by molar-refractivity contribution is -0.185. The minimum atomic E-state index is -0.322. The van der Waals surface area contributed by atoms with E-state index in [1.165, 1.54) is 12.8 Å². The molecule has 0 aromatic heterocycles. The smallest absolute Gasteiger partial charge is 0.228 e. The first-order chi connectivity index (χ1) is 9.55. The lowest BCUT2D eigenvalue weighted by Gasteiger charge is -2.41. The van der Waals surface area contributed by atoms with E-state index in [-0.39, 0.29) is 11.2 Å². The van der Waals surface area contributed by atoms with Crippen LogP contribution < -0.4 is 0 Å². The maximum atomic E-state index is 12.7. The van der Waals surface area contributed by atoms with Crippen LogP contribution in [0.5, 0.6) is 0 Å². The van der Waals surface area contributed by atoms with Gasteiger partial charge < -0.3 is 14.4 Å². The normalized spacial score (nSPS) is 28.9. The molecule has 3 rings (SSSR count). The molecular formula is C16H27NO3. The van der Waals surface area contributed by atoms with Crippen molar-refractivity contribution in [3.8, 4) is 0 Å². The van der Waals surface area contributed by atoms with E-state index < -0.39 is 0 Å². The van der Waals surface area contributed by atoms with E-state index in [9.17, 15) is 4.79 Å². The van der Waals surface area contributed by atoms with Gasteiger partial charge in [0.25, 0.3) is 0 Å². The minimum absolute atomic E-state index is 0.107. The van der Waals surface area contributed by atoms with E-state index in [4.69, 9.17) is 9.47 Å². The maximum Gasteiger partial charge on any atom is 0.228 e. The second-order valence-corrected chi connectivity index (χ2v) is 7.02. The highest BCUT2D eigenvalue weighted by Crippen LogP contribution is 2.41. The van der Waals surface area contributed by atoms with Gasteiger partial charge in [0.1, 0.15) is 0 Å². The summed E-state index contributed by atoms with van der Waals surface area (Å²) in [5.74, 6) is 0.0293. The molecule has 0 atom stereocenters. The predicted octanol–water partition coefficient (Wildman–Crippen LogP) is 2.71. The zero-order valence-corrected chi connectivity index (χ0v) is 12.8. The van der Waals surface area contributed by atoms with Gasteiger partial charge in [0.2, 0.25) is 5.91 Å². The molecule has 1 amide bonds. The summed E-state index contributed by atoms with van der Waals surface area (Å²) >= 11 is 0. The number of amides is 1. The van der Waals surface area contributed by atoms with Crippen LogP contribution in [0.4, 0.5) is 0 Å². The van der Waals surface area contributed by atoms with Crippen LogP contribution >= 0.6 is 0 Å². The molecule has 2 saturated carbocycles. The molecule has 3 aliphatic rings. The molecular weight excluding hydrogens is 254 g/mol. The Bertz CT molecular complexity index is 360. The van der Waals surface area contributed by atoms with Crippen molar-refractivity contribution < 1.29 is 14.3 Å². The molecule has 1 spiro atoms. The lowest BCUT2D eigenvalue weighted by atomic mass is 9.84. The Morgan fingerprint density at radius 1 is 1.05 bits per heavy atom. The highest BCUT2D eigenvalue weighted by molar-refractivity contribution is 5.82. The zero-order chi connectivity index (χ0) is 14.2. The fourth-order valence-corrected chi connectivity index (χ4v) is 4.18. The van der Waals surface area contributed by atoms with Crippen molar-refractivity contribution in [2.75, 3.05) is 20.3 Å². The van der Waals surface area contributed by atoms with Crippen LogP contribution in [-0.2, 0) is 14.3 Å². The lowest BCUT2D eigenvalue weighted by Crippen LogP contribution is -2.48. The van der Waals surface area contributed by atoms with Gasteiger partial charge in [-0.2, -0.15) is 0 Å². The van der Waals surface area contributed by atoms with Crippen LogP contribution in [0.3, 0.4) is 0 Å². The van der Waals surface area contributed by atoms with E-state index in [0.29, 0.717) is 11.9 Å². The highest BCUT2D eigenvalue weighted by Gasteiger charge is 2.44. The van der Waals surface area contributed by atoms with Crippen molar-refractivity contribution in [1.82, 2.24) is 4.90 Å². The van der Waals surface area contributed by atoms with Crippen molar-refractivity contribution in [1.29, 1.82) is 0 Å². The van der Waals surface area contributed by atoms with Crippen LogP contribution in [0.15, 0.2) is 0 Å². The quantitative estimate of drug-likeness (QED) is 0.781. The summed E-state index contributed by atoms with van der Waals surface area (Å²) < 4.78 is 11.5. The van der Waals surface area contributed by atoms with Crippen LogP contribution in [0.1, 0.15) is 58.3 Å². The van der Waals surface area contributed by atoms with Gasteiger partial charge in [0, 0.05) is 31.3 Å². The molecule has 0 aromatic rings. The van der Waals surface area contributed by atoms with Gasteiger partial charge in [-0.05, 0) is 25.7 Å². The molecule has 0 N–H and O–H groups in total. The average Bonchev–Trinajstić information content (AvgIpc) is 3.09. The van der Waals surface area contributed by atoms with Crippen molar-refractivity contribution in [2.45, 2.75) is 70.1 Å². The first-order valence-electron chi connectivity index (χ1n) is 8.10. The summed E-state index contributed by atoms with van der Waals surface area (Å²) in [5.41, 5.74) is -0.107. The van der Waals surface area contributed by atoms with E-state index in [1.54, 1.807) is 0 Å². The number of hydrogen-bond acceptors (Lipinski definition) is 3. The predicted molar refractivity (Wildman–Crippen MR) is 76.2 cm³/mol. The number of ether oxygens (including phenoxy) is 2. The van der Waals surface area contributed by atoms with Crippen LogP contribution in [0.25, 0.3) is 0 Å². The number of hydrogen-bond donors (Lipinski definition) is 0. The molecule has 114 valence electrons. The summed E-state index contributed by atoms with van der Waals surface area (Å²) in [6.07, 6.45) is 8.35. The number of nitrogens with zero attached hydrogens (tertiary/aromatic N) is 1. The highest BCUT2D eigenvalue weighted by atomic mass is 16.7. The molecule has 0 radical (unpaired) electrons. The van der Waals surface area contributed by atoms with Crippen molar-refractivity contribution in [3.63, 3.8) is 0 Å². The van der Waals surface area contributed by atoms with Crippen molar-refractivity contribution >= 4 is 5.91 Å². The third kappa shape index (κ3) is 2.48. The minimum Gasteiger partial charge on any atom is -0.348 e. The second-order valence-electron chi connectivity index (χ2n) is 7.02. The molecule has 1 saturated heterocycles. The third-order valence-corrected chi connectivity index (χ3v) is 5.62. The van der Waals surface area contributed by atoms with Crippen molar-refractivity contribution in [3.05, 3.63) is 0 Å². The number of carbonyl (C=O) groups is 1. The SMILES string of the molecule is CN(C(=O)C1(C)CCCC1)C1CCC2(CC1)OCCO2. The molecule has 1 aliphatic heterocycles. The van der Waals surface area contributed by atoms with Gasteiger partial charge >= 0.3 is 0 Å². The first-order valence-corrected chi connectivity index (χ1v) is 8.10. The van der Waals surface area contributed by atoms with Gasteiger partial charge in [-0.15, -0.1) is 0 Å². The summed E-state index contributed by atoms with van der Waals surface area (Å²) in [5, 5.41) is 0. The van der Waals surface area contributed by atoms with E-state index in [1.807, 2.05) is 11.9 Å². The van der Waals surface area contributed by atoms with Crippen LogP contribution in [0.2, 0.25) is 0 Å². The Balaban J connectivity index is 1.58. The molecule has 0 bridgehead atoms. The Labute approximate surface area is 121 Å². The van der Waals surface area contributed by atoms with Gasteiger partial charge in [0.05, 0.1) is 13.2 Å². The fourth-order valence-electron chi connectivity index (χ4n) is 4.18. The Morgan fingerprint density at radius 3 is 2.15 bits per heavy atom. The molecule has 4 heteroatoms. The third-order valence-electron chi connectivity index (χ3n) is 5.62. The van der Waals surface area contributed by atoms with Crippen LogP contribution in [0, 0.1) is 5.41 Å². The van der Waals surface area contributed by atoms with Gasteiger partial charge in [-0.25, -0.2) is 0 Å². The summed E-state index contributed by atoms with van der Waals surface area (Å²) in [4.78, 5) is 14.8. The molecule has 2 aliphatic carbocycles. The van der Waals surface area contributed by atoms with Gasteiger partial charge in [-0.3, -0.25) is 4.79 Å². The molecule has 4 nitrogen and oxygen atoms in total. The number of carbonyl (C=O) groups excluding carboxylic acids is 1. The summed E-state index contributed by atoms with van der Waals surface area (Å²) in [6.45, 7) is 3.58. The topological polar surface area (TPSA) is 38.8 Å². The summed E-state index contributed by atoms with van der Waals surface area (Å²) in [7, 11) is 1.99. The monoisotopic (exact) mass is 281 g/mol. The fraction of sp³-hybridized carbons (Fsp3) is 0.938. The molecule has 1 heterocycles. The number of rotatable bonds is 2. The maximum absolute atomic E-state index is 12.7.